The molecule has 0 aromatic heterocycles. The molecule has 0 saturated carbocycles. The number of methoxy groups -OCH3 is 1. The summed E-state index contributed by atoms with van der Waals surface area (Å²) in [6.45, 7) is 11.1. The van der Waals surface area contributed by atoms with Crippen molar-refractivity contribution in [2.75, 3.05) is 7.11 Å². The van der Waals surface area contributed by atoms with Crippen LogP contribution in [-0.4, -0.2) is 20.9 Å². The van der Waals surface area contributed by atoms with Gasteiger partial charge in [-0.2, -0.15) is 23.6 Å². The maximum absolute atomic E-state index is 5.78. The Kier molecular flexibility index (Phi) is 15.7. The Hall–Kier alpha value is -0.323. The van der Waals surface area contributed by atoms with Crippen molar-refractivity contribution in [1.82, 2.24) is 0 Å². The van der Waals surface area contributed by atoms with Gasteiger partial charge >= 0.3 is 41.9 Å². The molecule has 0 amide bonds. The summed E-state index contributed by atoms with van der Waals surface area (Å²) in [7, 11) is 0.170. The molecule has 2 nitrogen and oxygen atoms in total. The van der Waals surface area contributed by atoms with E-state index >= 15 is 0 Å². The van der Waals surface area contributed by atoms with Gasteiger partial charge in [0.2, 0.25) is 8.32 Å². The van der Waals surface area contributed by atoms with Crippen LogP contribution in [0.5, 0.6) is 11.5 Å². The number of benzene rings is 1. The number of hydrogen-bond donors (Lipinski definition) is 0. The molecule has 0 spiro atoms. The Balaban J connectivity index is 0. The molecule has 0 aliphatic rings. The van der Waals surface area contributed by atoms with Crippen molar-refractivity contribution in [2.45, 2.75) is 32.7 Å². The fourth-order valence-electron chi connectivity index (χ4n) is 2.04. The fourth-order valence-corrected chi connectivity index (χ4v) is 2.87. The number of rotatable bonds is 3. The molecule has 0 bridgehead atoms. The van der Waals surface area contributed by atoms with E-state index in [4.69, 9.17) is 9.16 Å². The monoisotopic (exact) mass is 516 g/mol. The Bertz CT molecular complexity index is 745. The molecule has 0 unspecified atom stereocenters. The third kappa shape index (κ3) is 12.7. The van der Waals surface area contributed by atoms with E-state index in [-0.39, 0.29) is 30.2 Å². The minimum absolute atomic E-state index is 0. The standard InChI is InChI=1S/C9H15O2Si.C9H7.C2H6Si.2ClH.Zr/c1-10-8-6-5-7-9(8)11-12(2,3)4;1-2-5-9-7-3-6-8(9)4-1;1-3-2;;;/h5-7H,1-4H3;1-7H;1-2H3;2*1H;/q2*-1;;;;+2/p-2. The molecule has 0 aliphatic heterocycles. The number of hydrogen-bond acceptors (Lipinski definition) is 2. The predicted octanol–water partition coefficient (Wildman–Crippen LogP) is -0.0212. The first-order chi connectivity index (χ1) is 11.7. The molecule has 3 aromatic rings. The first-order valence-corrected chi connectivity index (χ1v) is 17.9. The van der Waals surface area contributed by atoms with Gasteiger partial charge in [-0.05, 0) is 19.6 Å². The molecule has 0 fully saturated rings. The van der Waals surface area contributed by atoms with Crippen LogP contribution in [0.1, 0.15) is 0 Å². The summed E-state index contributed by atoms with van der Waals surface area (Å²) in [6, 6.07) is 20.5. The maximum Gasteiger partial charge on any atom is -0.0809 e. The third-order valence-electron chi connectivity index (χ3n) is 2.92. The maximum atomic E-state index is 5.78. The van der Waals surface area contributed by atoms with Gasteiger partial charge in [-0.1, -0.05) is 6.07 Å². The van der Waals surface area contributed by atoms with E-state index in [0.29, 0.717) is 0 Å². The molecule has 27 heavy (non-hydrogen) atoms. The molecule has 0 aliphatic carbocycles. The second-order valence-corrected chi connectivity index (χ2v) is 20.6. The molecular formula is C20H28Cl2O2Si2Zr-2. The molecule has 3 rings (SSSR count). The molecule has 0 heterocycles. The van der Waals surface area contributed by atoms with Crippen LogP contribution in [0, 0.1) is 0 Å². The van der Waals surface area contributed by atoms with Gasteiger partial charge in [0.05, 0.1) is 7.11 Å². The average molecular weight is 519 g/mol. The normalized spacial score (nSPS) is 9.48. The summed E-state index contributed by atoms with van der Waals surface area (Å²) in [6.07, 6.45) is 0. The zero-order valence-corrected chi connectivity index (χ0v) is 22.8. The van der Waals surface area contributed by atoms with Crippen molar-refractivity contribution >= 4 is 24.5 Å². The van der Waals surface area contributed by atoms with Crippen LogP contribution in [0.2, 0.25) is 32.7 Å². The molecule has 3 aromatic carbocycles. The smallest absolute Gasteiger partial charge is 0.0809 e. The fraction of sp³-hybridized carbons (Fsp3) is 0.300. The van der Waals surface area contributed by atoms with Crippen molar-refractivity contribution in [1.29, 1.82) is 0 Å². The summed E-state index contributed by atoms with van der Waals surface area (Å²) in [5.41, 5.74) is 0.210. The van der Waals surface area contributed by atoms with Gasteiger partial charge in [-0.25, -0.2) is 6.07 Å². The zero-order chi connectivity index (χ0) is 18.9. The first-order valence-electron chi connectivity index (χ1n) is 8.34. The van der Waals surface area contributed by atoms with Crippen LogP contribution in [0.4, 0.5) is 0 Å². The number of fused-ring (bicyclic) bond motifs is 1. The van der Waals surface area contributed by atoms with E-state index in [1.165, 1.54) is 10.8 Å². The Morgan fingerprint density at radius 2 is 1.59 bits per heavy atom. The summed E-state index contributed by atoms with van der Waals surface area (Å²) in [5, 5.41) is 2.66. The predicted molar refractivity (Wildman–Crippen MR) is 110 cm³/mol. The average Bonchev–Trinajstić information content (AvgIpc) is 3.14. The molecule has 7 heteroatoms. The van der Waals surface area contributed by atoms with E-state index in [2.05, 4.69) is 75.2 Å². The third-order valence-corrected chi connectivity index (χ3v) is 3.75. The second-order valence-electron chi connectivity index (χ2n) is 6.83. The molecule has 148 valence electrons. The van der Waals surface area contributed by atoms with Gasteiger partial charge in [0.15, 0.2) is 0 Å². The second kappa shape index (κ2) is 14.6. The summed E-state index contributed by atoms with van der Waals surface area (Å²) >= 11 is 1.74. The van der Waals surface area contributed by atoms with Crippen molar-refractivity contribution in [3.8, 4) is 11.5 Å². The Morgan fingerprint density at radius 3 is 2.11 bits per heavy atom. The molecule has 0 radical (unpaired) electrons. The summed E-state index contributed by atoms with van der Waals surface area (Å²) in [5.74, 6) is 1.70. The number of ether oxygens (including phenoxy) is 1. The minimum Gasteiger partial charge on any atom is -1.00 e. The summed E-state index contributed by atoms with van der Waals surface area (Å²) < 4.78 is 10.9. The van der Waals surface area contributed by atoms with Gasteiger partial charge in [-0.3, -0.25) is 0 Å². The summed E-state index contributed by atoms with van der Waals surface area (Å²) in [4.78, 5) is 0. The van der Waals surface area contributed by atoms with Gasteiger partial charge in [0.1, 0.15) is 0 Å². The van der Waals surface area contributed by atoms with Gasteiger partial charge in [0.25, 0.3) is 0 Å². The van der Waals surface area contributed by atoms with Crippen LogP contribution >= 0.6 is 0 Å². The van der Waals surface area contributed by atoms with Crippen molar-refractivity contribution in [3.05, 3.63) is 60.7 Å². The Morgan fingerprint density at radius 1 is 1.00 bits per heavy atom. The first kappa shape index (κ1) is 28.9. The Labute approximate surface area is 192 Å². The largest absolute Gasteiger partial charge is 1.00 e. The zero-order valence-electron chi connectivity index (χ0n) is 16.8. The molecule has 0 N–H and O–H groups in total. The van der Waals surface area contributed by atoms with E-state index < -0.39 is 8.32 Å². The van der Waals surface area contributed by atoms with E-state index in [9.17, 15) is 0 Å². The van der Waals surface area contributed by atoms with Gasteiger partial charge in [-0.15, -0.1) is 35.7 Å². The van der Waals surface area contributed by atoms with Crippen LogP contribution in [0.25, 0.3) is 10.8 Å². The van der Waals surface area contributed by atoms with E-state index in [1.807, 2.05) is 18.2 Å². The van der Waals surface area contributed by atoms with Crippen molar-refractivity contribution in [2.24, 2.45) is 0 Å². The van der Waals surface area contributed by atoms with Crippen LogP contribution in [0.15, 0.2) is 60.7 Å². The van der Waals surface area contributed by atoms with Crippen LogP contribution in [-0.2, 0) is 23.3 Å². The van der Waals surface area contributed by atoms with Gasteiger partial charge in [0, 0.05) is 11.5 Å². The molecule has 0 saturated heterocycles. The minimum atomic E-state index is -1.49. The number of halogens is 2. The van der Waals surface area contributed by atoms with Crippen molar-refractivity contribution < 1.29 is 57.3 Å². The van der Waals surface area contributed by atoms with Crippen LogP contribution in [0.3, 0.4) is 0 Å². The van der Waals surface area contributed by atoms with E-state index in [0.717, 1.165) is 11.5 Å². The van der Waals surface area contributed by atoms with E-state index in [1.54, 1.807) is 30.4 Å². The quantitative estimate of drug-likeness (QED) is 0.359. The van der Waals surface area contributed by atoms with Gasteiger partial charge < -0.3 is 34.0 Å². The SMILES string of the molecule is CO[c-]1cccc1O[Si](C)(C)C.C[Si](C)=[Zr+2].[Cl-].[Cl-].c1ccc2[cH-]ccc2c1. The molecule has 0 atom stereocenters. The molecular weight excluding hydrogens is 491 g/mol. The van der Waals surface area contributed by atoms with Crippen LogP contribution < -0.4 is 34.0 Å². The van der Waals surface area contributed by atoms with Crippen molar-refractivity contribution in [3.63, 3.8) is 0 Å². The topological polar surface area (TPSA) is 18.5 Å².